The molecule has 0 saturated carbocycles. The van der Waals surface area contributed by atoms with Gasteiger partial charge in [0.1, 0.15) is 12.1 Å². The summed E-state index contributed by atoms with van der Waals surface area (Å²) in [5.74, 6) is -0.634. The number of hydrogen-bond donors (Lipinski definition) is 1. The van der Waals surface area contributed by atoms with Gasteiger partial charge >= 0.3 is 11.9 Å². The molecule has 0 amide bonds. The van der Waals surface area contributed by atoms with Gasteiger partial charge < -0.3 is 32.4 Å². The molecule has 6 rings (SSSR count). The van der Waals surface area contributed by atoms with E-state index >= 15 is 0 Å². The summed E-state index contributed by atoms with van der Waals surface area (Å²) < 4.78 is 10.7. The van der Waals surface area contributed by atoms with Gasteiger partial charge in [0.05, 0.1) is 46.8 Å². The SMILES string of the molecule is CC(Cc1cc(C#N)c2c(c1)CCN2CCCOC(=O)c1ccccc1)[N+](=O)[O-].CC(N)Cc1cc(C#N)c2c(c1)CCN2CCCOC(=O)c1ccccc1.[CH3-].[Pd]. The minimum Gasteiger partial charge on any atom is -0.462 e. The molecule has 2 N–H and O–H groups in total. The molecule has 308 valence electrons. The number of nitrogens with two attached hydrogens (primary N) is 1. The first-order valence-corrected chi connectivity index (χ1v) is 19.0. The monoisotopic (exact) mass is 877 g/mol. The second-order valence-corrected chi connectivity index (χ2v) is 14.2. The Kier molecular flexibility index (Phi) is 18.5. The topological polar surface area (TPSA) is 176 Å². The summed E-state index contributed by atoms with van der Waals surface area (Å²) >= 11 is 0. The summed E-state index contributed by atoms with van der Waals surface area (Å²) in [7, 11) is 0. The van der Waals surface area contributed by atoms with Crippen LogP contribution in [0.5, 0.6) is 0 Å². The van der Waals surface area contributed by atoms with E-state index in [4.69, 9.17) is 15.2 Å². The molecule has 58 heavy (non-hydrogen) atoms. The molecular formula is C45H51N6O6Pd-. The first kappa shape index (κ1) is 46.8. The van der Waals surface area contributed by atoms with E-state index in [2.05, 4.69) is 28.0 Å². The fourth-order valence-electron chi connectivity index (χ4n) is 7.18. The second-order valence-electron chi connectivity index (χ2n) is 14.2. The predicted octanol–water partition coefficient (Wildman–Crippen LogP) is 6.88. The summed E-state index contributed by atoms with van der Waals surface area (Å²) in [6.45, 7) is 7.32. The van der Waals surface area contributed by atoms with Crippen LogP contribution in [-0.2, 0) is 55.6 Å². The van der Waals surface area contributed by atoms with Crippen molar-refractivity contribution in [2.24, 2.45) is 5.73 Å². The van der Waals surface area contributed by atoms with Gasteiger partial charge in [-0.25, -0.2) is 9.59 Å². The van der Waals surface area contributed by atoms with Crippen LogP contribution >= 0.6 is 0 Å². The number of fused-ring (bicyclic) bond motifs is 2. The Bertz CT molecular complexity index is 2080. The molecular weight excluding hydrogens is 827 g/mol. The molecule has 0 radical (unpaired) electrons. The Morgan fingerprint density at radius 2 is 1.17 bits per heavy atom. The van der Waals surface area contributed by atoms with E-state index in [1.807, 2.05) is 43.3 Å². The van der Waals surface area contributed by atoms with Crippen LogP contribution in [0.25, 0.3) is 0 Å². The van der Waals surface area contributed by atoms with Crippen LogP contribution in [0, 0.1) is 40.2 Å². The predicted molar refractivity (Wildman–Crippen MR) is 221 cm³/mol. The van der Waals surface area contributed by atoms with E-state index in [9.17, 15) is 30.2 Å². The van der Waals surface area contributed by atoms with Crippen molar-refractivity contribution < 1.29 is 44.4 Å². The Labute approximate surface area is 355 Å². The smallest absolute Gasteiger partial charge is 0.338 e. The van der Waals surface area contributed by atoms with E-state index in [1.165, 1.54) is 5.56 Å². The van der Waals surface area contributed by atoms with Crippen LogP contribution in [0.3, 0.4) is 0 Å². The van der Waals surface area contributed by atoms with Crippen molar-refractivity contribution >= 4 is 23.3 Å². The van der Waals surface area contributed by atoms with Gasteiger partial charge in [0.2, 0.25) is 6.04 Å². The summed E-state index contributed by atoms with van der Waals surface area (Å²) in [4.78, 5) is 38.9. The van der Waals surface area contributed by atoms with Crippen molar-refractivity contribution in [3.8, 4) is 12.1 Å². The maximum atomic E-state index is 12.0. The number of nitrogens with zero attached hydrogens (tertiary/aromatic N) is 5. The largest absolute Gasteiger partial charge is 0.462 e. The number of carbonyl (C=O) groups is 2. The van der Waals surface area contributed by atoms with E-state index in [1.54, 1.807) is 49.4 Å². The molecule has 2 aliphatic rings. The zero-order chi connectivity index (χ0) is 40.0. The fraction of sp³-hybridized carbons (Fsp3) is 0.356. The van der Waals surface area contributed by atoms with E-state index in [0.717, 1.165) is 73.4 Å². The van der Waals surface area contributed by atoms with E-state index in [0.29, 0.717) is 54.9 Å². The molecule has 2 atom stereocenters. The van der Waals surface area contributed by atoms with Crippen molar-refractivity contribution in [3.05, 3.63) is 147 Å². The standard InChI is InChI=1S/C22H23N3O4.C22H25N3O2.CH3.Pd/c1-16(25(27)28)12-17-13-19-8-10-24(21(19)20(14-17)15-23)9-5-11-29-22(26)18-6-3-2-4-7-18;1-16(24)12-17-13-19-8-10-25(21(19)20(14-17)15-23)9-5-11-27-22(26)18-6-3-2-4-7-18;;/h2-4,6-7,13-14,16H,5,8-12H2,1H3;2-4,6-7,13-14,16H,5,8-12,24H2,1H3;1H3;/q;;-1;. The molecule has 0 spiro atoms. The second kappa shape index (κ2) is 23.0. The zero-order valence-electron chi connectivity index (χ0n) is 33.3. The molecule has 0 aliphatic carbocycles. The van der Waals surface area contributed by atoms with E-state index < -0.39 is 6.04 Å². The molecule has 2 unspecified atom stereocenters. The molecule has 2 aliphatic heterocycles. The molecule has 13 heteroatoms. The molecule has 0 fully saturated rings. The number of anilines is 2. The van der Waals surface area contributed by atoms with Crippen molar-refractivity contribution in [3.63, 3.8) is 0 Å². The Morgan fingerprint density at radius 3 is 1.55 bits per heavy atom. The summed E-state index contributed by atoms with van der Waals surface area (Å²) in [5.41, 5.74) is 14.4. The van der Waals surface area contributed by atoms with Gasteiger partial charge in [-0.15, -0.1) is 0 Å². The Balaban J connectivity index is 0.000000301. The summed E-state index contributed by atoms with van der Waals surface area (Å²) in [5, 5.41) is 30.1. The molecule has 2 heterocycles. The third-order valence-corrected chi connectivity index (χ3v) is 9.75. The minimum absolute atomic E-state index is 0. The molecule has 0 saturated heterocycles. The number of carbonyl (C=O) groups excluding carboxylic acids is 2. The molecule has 4 aromatic rings. The average molecular weight is 878 g/mol. The molecule has 12 nitrogen and oxygen atoms in total. The van der Waals surface area contributed by atoms with Crippen LogP contribution in [0.1, 0.15) is 80.8 Å². The van der Waals surface area contributed by atoms with Gasteiger partial charge in [-0.3, -0.25) is 10.1 Å². The summed E-state index contributed by atoms with van der Waals surface area (Å²) in [6, 6.07) is 29.7. The molecule has 0 aromatic heterocycles. The quantitative estimate of drug-likeness (QED) is 0.0329. The third kappa shape index (κ3) is 12.7. The van der Waals surface area contributed by atoms with Gasteiger partial charge in [0, 0.05) is 70.9 Å². The molecule has 4 aromatic carbocycles. The zero-order valence-corrected chi connectivity index (χ0v) is 34.9. The number of esters is 2. The first-order chi connectivity index (χ1) is 27.1. The fourth-order valence-corrected chi connectivity index (χ4v) is 7.18. The van der Waals surface area contributed by atoms with Crippen molar-refractivity contribution in [2.45, 2.75) is 64.5 Å². The van der Waals surface area contributed by atoms with Crippen LogP contribution in [0.4, 0.5) is 11.4 Å². The van der Waals surface area contributed by atoms with Gasteiger partial charge in [-0.1, -0.05) is 48.5 Å². The van der Waals surface area contributed by atoms with Crippen molar-refractivity contribution in [1.29, 1.82) is 10.5 Å². The number of hydrogen-bond acceptors (Lipinski definition) is 11. The van der Waals surface area contributed by atoms with Crippen LogP contribution in [0.2, 0.25) is 0 Å². The normalized spacial score (nSPS) is 13.1. The van der Waals surface area contributed by atoms with Crippen molar-refractivity contribution in [1.82, 2.24) is 0 Å². The Morgan fingerprint density at radius 1 is 0.759 bits per heavy atom. The Hall–Kier alpha value is -5.58. The maximum Gasteiger partial charge on any atom is 0.338 e. The van der Waals surface area contributed by atoms with Gasteiger partial charge in [0.25, 0.3) is 0 Å². The van der Waals surface area contributed by atoms with Gasteiger partial charge in [-0.2, -0.15) is 10.5 Å². The van der Waals surface area contributed by atoms with Crippen molar-refractivity contribution in [2.75, 3.05) is 49.2 Å². The average Bonchev–Trinajstić information content (AvgIpc) is 3.81. The number of benzene rings is 4. The number of nitriles is 2. The maximum absolute atomic E-state index is 12.0. The van der Waals surface area contributed by atoms with Crippen LogP contribution < -0.4 is 15.5 Å². The van der Waals surface area contributed by atoms with E-state index in [-0.39, 0.29) is 50.8 Å². The van der Waals surface area contributed by atoms with Gasteiger partial charge in [0.15, 0.2) is 0 Å². The molecule has 0 bridgehead atoms. The number of ether oxygens (including phenoxy) is 2. The number of nitro groups is 1. The van der Waals surface area contributed by atoms with Crippen LogP contribution in [-0.4, -0.2) is 68.3 Å². The summed E-state index contributed by atoms with van der Waals surface area (Å²) in [6.07, 6.45) is 4.20. The number of rotatable bonds is 15. The third-order valence-electron chi connectivity index (χ3n) is 9.75. The van der Waals surface area contributed by atoms with Crippen LogP contribution in [0.15, 0.2) is 84.9 Å². The van der Waals surface area contributed by atoms with Gasteiger partial charge in [-0.05, 0) is 97.7 Å². The minimum atomic E-state index is -0.684. The first-order valence-electron chi connectivity index (χ1n) is 19.0.